The average Bonchev–Trinajstić information content (AvgIpc) is 2.90. The highest BCUT2D eigenvalue weighted by molar-refractivity contribution is 6.33. The monoisotopic (exact) mass is 369 g/mol. The molecule has 1 aromatic carbocycles. The fourth-order valence-corrected chi connectivity index (χ4v) is 3.63. The maximum atomic E-state index is 12.6. The predicted octanol–water partition coefficient (Wildman–Crippen LogP) is 5.00. The van der Waals surface area contributed by atoms with E-state index in [9.17, 15) is 4.79 Å². The molecule has 1 saturated carbocycles. The van der Waals surface area contributed by atoms with Gasteiger partial charge in [0.15, 0.2) is 5.58 Å². The molecule has 2 aromatic heterocycles. The van der Waals surface area contributed by atoms with Crippen LogP contribution < -0.4 is 5.32 Å². The Hall–Kier alpha value is -2.40. The summed E-state index contributed by atoms with van der Waals surface area (Å²) in [6, 6.07) is 7.35. The molecule has 4 rings (SSSR count). The summed E-state index contributed by atoms with van der Waals surface area (Å²) in [6.07, 6.45) is 10.2. The molecule has 2 heterocycles. The number of rotatable bonds is 3. The first-order valence-corrected chi connectivity index (χ1v) is 9.40. The molecule has 1 aliphatic rings. The zero-order chi connectivity index (χ0) is 17.9. The van der Waals surface area contributed by atoms with E-state index in [1.54, 1.807) is 36.7 Å². The Morgan fingerprint density at radius 3 is 2.73 bits per heavy atom. The van der Waals surface area contributed by atoms with Gasteiger partial charge in [-0.25, -0.2) is 4.98 Å². The lowest BCUT2D eigenvalue weighted by molar-refractivity contribution is 0.0933. The average molecular weight is 370 g/mol. The highest BCUT2D eigenvalue weighted by Crippen LogP contribution is 2.29. The van der Waals surface area contributed by atoms with Crippen LogP contribution in [0.2, 0.25) is 5.02 Å². The first-order valence-electron chi connectivity index (χ1n) is 9.02. The lowest BCUT2D eigenvalue weighted by Gasteiger charge is -2.16. The van der Waals surface area contributed by atoms with Crippen LogP contribution in [0.3, 0.4) is 0 Å². The van der Waals surface area contributed by atoms with E-state index < -0.39 is 0 Å². The number of oxazole rings is 1. The summed E-state index contributed by atoms with van der Waals surface area (Å²) in [6.45, 7) is 0. The summed E-state index contributed by atoms with van der Waals surface area (Å²) in [5, 5.41) is 3.64. The van der Waals surface area contributed by atoms with Gasteiger partial charge in [-0.05, 0) is 37.1 Å². The van der Waals surface area contributed by atoms with Gasteiger partial charge in [0.25, 0.3) is 5.91 Å². The predicted molar refractivity (Wildman–Crippen MR) is 101 cm³/mol. The van der Waals surface area contributed by atoms with E-state index in [2.05, 4.69) is 15.3 Å². The lowest BCUT2D eigenvalue weighted by atomic mass is 10.1. The van der Waals surface area contributed by atoms with Gasteiger partial charge >= 0.3 is 0 Å². The Morgan fingerprint density at radius 1 is 1.15 bits per heavy atom. The summed E-state index contributed by atoms with van der Waals surface area (Å²) >= 11 is 6.16. The number of hydrogen-bond donors (Lipinski definition) is 1. The molecule has 1 fully saturated rings. The largest absolute Gasteiger partial charge is 0.436 e. The van der Waals surface area contributed by atoms with Crippen LogP contribution in [0.25, 0.3) is 22.6 Å². The molecule has 3 aromatic rings. The van der Waals surface area contributed by atoms with E-state index in [0.29, 0.717) is 33.1 Å². The number of halogens is 1. The number of carbonyl (C=O) groups excluding carboxylic acids is 1. The number of fused-ring (bicyclic) bond motifs is 1. The van der Waals surface area contributed by atoms with Crippen LogP contribution >= 0.6 is 11.6 Å². The number of amides is 1. The van der Waals surface area contributed by atoms with Gasteiger partial charge in [0.1, 0.15) is 5.52 Å². The first kappa shape index (κ1) is 17.0. The summed E-state index contributed by atoms with van der Waals surface area (Å²) in [4.78, 5) is 21.1. The van der Waals surface area contributed by atoms with Crippen molar-refractivity contribution in [3.8, 4) is 11.5 Å². The highest BCUT2D eigenvalue weighted by Gasteiger charge is 2.17. The van der Waals surface area contributed by atoms with Gasteiger partial charge in [0, 0.05) is 24.0 Å². The second-order valence-corrected chi connectivity index (χ2v) is 7.13. The first-order chi connectivity index (χ1) is 12.7. The Balaban J connectivity index is 1.57. The van der Waals surface area contributed by atoms with Gasteiger partial charge in [-0.3, -0.25) is 9.78 Å². The fraction of sp³-hybridized carbons (Fsp3) is 0.350. The van der Waals surface area contributed by atoms with E-state index in [1.807, 2.05) is 0 Å². The van der Waals surface area contributed by atoms with E-state index in [1.165, 1.54) is 25.7 Å². The van der Waals surface area contributed by atoms with Gasteiger partial charge in [0.2, 0.25) is 5.89 Å². The fourth-order valence-electron chi connectivity index (χ4n) is 3.42. The number of pyridine rings is 1. The van der Waals surface area contributed by atoms with Crippen molar-refractivity contribution in [3.05, 3.63) is 47.2 Å². The van der Waals surface area contributed by atoms with Crippen molar-refractivity contribution in [1.29, 1.82) is 0 Å². The zero-order valence-corrected chi connectivity index (χ0v) is 15.1. The van der Waals surface area contributed by atoms with Crippen LogP contribution in [0, 0.1) is 0 Å². The maximum absolute atomic E-state index is 12.6. The maximum Gasteiger partial charge on any atom is 0.251 e. The molecule has 26 heavy (non-hydrogen) atoms. The quantitative estimate of drug-likeness (QED) is 0.660. The minimum atomic E-state index is -0.0507. The van der Waals surface area contributed by atoms with Gasteiger partial charge < -0.3 is 9.73 Å². The van der Waals surface area contributed by atoms with E-state index >= 15 is 0 Å². The normalized spacial score (nSPS) is 15.7. The molecule has 1 N–H and O–H groups in total. The molecule has 134 valence electrons. The van der Waals surface area contributed by atoms with Gasteiger partial charge in [-0.2, -0.15) is 0 Å². The molecule has 0 unspecified atom stereocenters. The van der Waals surface area contributed by atoms with Crippen LogP contribution in [0.5, 0.6) is 0 Å². The number of hydrogen-bond acceptors (Lipinski definition) is 4. The third-order valence-electron chi connectivity index (χ3n) is 4.84. The summed E-state index contributed by atoms with van der Waals surface area (Å²) < 4.78 is 5.78. The summed E-state index contributed by atoms with van der Waals surface area (Å²) in [7, 11) is 0. The van der Waals surface area contributed by atoms with Crippen LogP contribution in [0.4, 0.5) is 0 Å². The third kappa shape index (κ3) is 3.58. The minimum Gasteiger partial charge on any atom is -0.436 e. The van der Waals surface area contributed by atoms with Crippen molar-refractivity contribution in [1.82, 2.24) is 15.3 Å². The SMILES string of the molecule is O=C(NC1CCCCCC1)c1ccc2oc(-c3ccncc3Cl)nc2c1. The Bertz CT molecular complexity index is 930. The molecule has 6 heteroatoms. The number of carbonyl (C=O) groups is 1. The third-order valence-corrected chi connectivity index (χ3v) is 5.14. The van der Waals surface area contributed by atoms with E-state index in [0.717, 1.165) is 12.8 Å². The van der Waals surface area contributed by atoms with Gasteiger partial charge in [-0.1, -0.05) is 37.3 Å². The van der Waals surface area contributed by atoms with Crippen LogP contribution in [0.1, 0.15) is 48.9 Å². The van der Waals surface area contributed by atoms with Crippen LogP contribution in [-0.4, -0.2) is 21.9 Å². The Morgan fingerprint density at radius 2 is 1.96 bits per heavy atom. The standard InChI is InChI=1S/C20H20ClN3O2/c21-16-12-22-10-9-15(16)20-24-17-11-13(7-8-18(17)26-20)19(25)23-14-5-3-1-2-4-6-14/h7-12,14H,1-6H2,(H,23,25). The summed E-state index contributed by atoms with van der Waals surface area (Å²) in [5.41, 5.74) is 2.55. The molecular formula is C20H20ClN3O2. The minimum absolute atomic E-state index is 0.0507. The summed E-state index contributed by atoms with van der Waals surface area (Å²) in [5.74, 6) is 0.374. The van der Waals surface area contributed by atoms with Gasteiger partial charge in [-0.15, -0.1) is 0 Å². The van der Waals surface area contributed by atoms with E-state index in [4.69, 9.17) is 16.0 Å². The lowest BCUT2D eigenvalue weighted by Crippen LogP contribution is -2.34. The molecule has 0 bridgehead atoms. The van der Waals surface area contributed by atoms with Crippen LogP contribution in [0.15, 0.2) is 41.1 Å². The second kappa shape index (κ2) is 7.46. The molecular weight excluding hydrogens is 350 g/mol. The smallest absolute Gasteiger partial charge is 0.251 e. The molecule has 0 spiro atoms. The van der Waals surface area contributed by atoms with Crippen LogP contribution in [-0.2, 0) is 0 Å². The van der Waals surface area contributed by atoms with Crippen molar-refractivity contribution in [2.24, 2.45) is 0 Å². The molecule has 1 aliphatic carbocycles. The van der Waals surface area contributed by atoms with Crippen molar-refractivity contribution >= 4 is 28.6 Å². The highest BCUT2D eigenvalue weighted by atomic mass is 35.5. The molecule has 0 radical (unpaired) electrons. The number of nitrogens with zero attached hydrogens (tertiary/aromatic N) is 2. The second-order valence-electron chi connectivity index (χ2n) is 6.72. The topological polar surface area (TPSA) is 68.0 Å². The Kier molecular flexibility index (Phi) is 4.89. The zero-order valence-electron chi connectivity index (χ0n) is 14.4. The van der Waals surface area contributed by atoms with Crippen molar-refractivity contribution in [2.75, 3.05) is 0 Å². The van der Waals surface area contributed by atoms with E-state index in [-0.39, 0.29) is 11.9 Å². The Labute approximate surface area is 156 Å². The van der Waals surface area contributed by atoms with Gasteiger partial charge in [0.05, 0.1) is 10.6 Å². The van der Waals surface area contributed by atoms with Crippen molar-refractivity contribution < 1.29 is 9.21 Å². The number of nitrogens with one attached hydrogen (secondary N) is 1. The number of benzene rings is 1. The molecule has 1 amide bonds. The molecule has 0 atom stereocenters. The molecule has 0 saturated heterocycles. The molecule has 0 aliphatic heterocycles. The number of aromatic nitrogens is 2. The van der Waals surface area contributed by atoms with Crippen molar-refractivity contribution in [2.45, 2.75) is 44.6 Å². The van der Waals surface area contributed by atoms with Crippen molar-refractivity contribution in [3.63, 3.8) is 0 Å². The molecule has 5 nitrogen and oxygen atoms in total.